The van der Waals surface area contributed by atoms with Gasteiger partial charge in [0.2, 0.25) is 5.91 Å². The Hall–Kier alpha value is -2.94. The molecule has 0 spiro atoms. The molecule has 0 radical (unpaired) electrons. The number of halogens is 1. The molecule has 3 aromatic rings. The highest BCUT2D eigenvalue weighted by Crippen LogP contribution is 2.16. The van der Waals surface area contributed by atoms with E-state index in [0.29, 0.717) is 23.6 Å². The molecule has 140 valence electrons. The maximum Gasteiger partial charge on any atom is 0.260 e. The predicted octanol–water partition coefficient (Wildman–Crippen LogP) is 2.53. The number of carbonyl (C=O) groups is 2. The number of anilines is 1. The minimum atomic E-state index is -0.306. The van der Waals surface area contributed by atoms with Gasteiger partial charge in [-0.25, -0.2) is 4.68 Å². The number of likely N-dealkylation sites (N-methyl/N-ethyl adjacent to an activating group) is 1. The van der Waals surface area contributed by atoms with Gasteiger partial charge in [-0.2, -0.15) is 10.2 Å². The first-order valence-corrected chi connectivity index (χ1v) is 9.19. The van der Waals surface area contributed by atoms with E-state index in [1.807, 2.05) is 31.2 Å². The fraction of sp³-hybridized carbons (Fsp3) is 0.222. The number of amides is 2. The number of aromatic nitrogens is 4. The molecular formula is C18H19BrN6O2. The molecule has 8 nitrogen and oxygen atoms in total. The molecule has 2 heterocycles. The Bertz CT molecular complexity index is 961. The molecule has 0 atom stereocenters. The molecule has 9 heteroatoms. The first-order valence-electron chi connectivity index (χ1n) is 8.40. The van der Waals surface area contributed by atoms with Gasteiger partial charge in [-0.3, -0.25) is 14.3 Å². The van der Waals surface area contributed by atoms with Gasteiger partial charge in [0.1, 0.15) is 6.54 Å². The van der Waals surface area contributed by atoms with Crippen LogP contribution in [-0.4, -0.2) is 37.9 Å². The van der Waals surface area contributed by atoms with Crippen LogP contribution in [-0.2, 0) is 11.3 Å². The van der Waals surface area contributed by atoms with Gasteiger partial charge in [0.15, 0.2) is 5.82 Å². The van der Waals surface area contributed by atoms with Crippen molar-refractivity contribution in [3.05, 3.63) is 58.5 Å². The first-order chi connectivity index (χ1) is 13.0. The lowest BCUT2D eigenvalue weighted by Crippen LogP contribution is -2.27. The quantitative estimate of drug-likeness (QED) is 0.627. The third kappa shape index (κ3) is 4.62. The van der Waals surface area contributed by atoms with Gasteiger partial charge in [-0.1, -0.05) is 15.9 Å². The number of aryl methyl sites for hydroxylation is 1. The van der Waals surface area contributed by atoms with Crippen LogP contribution in [0.4, 0.5) is 5.82 Å². The SMILES string of the molecule is CCNC(=O)Cn1ccc(NC(=O)c2cn(-c3ccc(Br)cc3)nc2C)n1. The fourth-order valence-electron chi connectivity index (χ4n) is 2.51. The summed E-state index contributed by atoms with van der Waals surface area (Å²) in [5, 5.41) is 14.0. The lowest BCUT2D eigenvalue weighted by molar-refractivity contribution is -0.121. The molecule has 2 N–H and O–H groups in total. The van der Waals surface area contributed by atoms with Gasteiger partial charge >= 0.3 is 0 Å². The Labute approximate surface area is 164 Å². The van der Waals surface area contributed by atoms with Gasteiger partial charge in [0.25, 0.3) is 5.91 Å². The van der Waals surface area contributed by atoms with Crippen molar-refractivity contribution in [2.45, 2.75) is 20.4 Å². The van der Waals surface area contributed by atoms with E-state index < -0.39 is 0 Å². The van der Waals surface area contributed by atoms with Crippen molar-refractivity contribution in [3.63, 3.8) is 0 Å². The van der Waals surface area contributed by atoms with E-state index in [9.17, 15) is 9.59 Å². The molecule has 2 amide bonds. The van der Waals surface area contributed by atoms with Crippen LogP contribution in [0, 0.1) is 6.92 Å². The second kappa shape index (κ2) is 8.17. The number of benzene rings is 1. The van der Waals surface area contributed by atoms with Gasteiger partial charge in [-0.05, 0) is 38.1 Å². The number of nitrogens with zero attached hydrogens (tertiary/aromatic N) is 4. The van der Waals surface area contributed by atoms with Gasteiger partial charge in [-0.15, -0.1) is 0 Å². The summed E-state index contributed by atoms with van der Waals surface area (Å²) >= 11 is 3.40. The average molecular weight is 431 g/mol. The molecule has 0 fully saturated rings. The zero-order valence-corrected chi connectivity index (χ0v) is 16.5. The van der Waals surface area contributed by atoms with Crippen LogP contribution in [0.2, 0.25) is 0 Å². The molecule has 3 rings (SSSR count). The van der Waals surface area contributed by atoms with Gasteiger partial charge in [0.05, 0.1) is 16.9 Å². The van der Waals surface area contributed by atoms with E-state index in [1.165, 1.54) is 4.68 Å². The van der Waals surface area contributed by atoms with Crippen molar-refractivity contribution in [3.8, 4) is 5.69 Å². The van der Waals surface area contributed by atoms with Crippen molar-refractivity contribution in [2.75, 3.05) is 11.9 Å². The largest absolute Gasteiger partial charge is 0.355 e. The van der Waals surface area contributed by atoms with Crippen LogP contribution in [0.5, 0.6) is 0 Å². The minimum absolute atomic E-state index is 0.101. The number of carbonyl (C=O) groups excluding carboxylic acids is 2. The highest BCUT2D eigenvalue weighted by molar-refractivity contribution is 9.10. The van der Waals surface area contributed by atoms with E-state index in [-0.39, 0.29) is 18.4 Å². The van der Waals surface area contributed by atoms with Crippen molar-refractivity contribution in [1.29, 1.82) is 0 Å². The standard InChI is InChI=1S/C18H19BrN6O2/c1-3-20-17(26)11-24-9-8-16(23-24)21-18(27)15-10-25(22-12(15)2)14-6-4-13(19)5-7-14/h4-10H,3,11H2,1-2H3,(H,20,26)(H,21,23,27). The molecule has 0 aliphatic carbocycles. The zero-order valence-electron chi connectivity index (χ0n) is 14.9. The average Bonchev–Trinajstić information content (AvgIpc) is 3.22. The van der Waals surface area contributed by atoms with Crippen molar-refractivity contribution < 1.29 is 9.59 Å². The van der Waals surface area contributed by atoms with Gasteiger partial charge < -0.3 is 10.6 Å². The van der Waals surface area contributed by atoms with Crippen LogP contribution < -0.4 is 10.6 Å². The second-order valence-electron chi connectivity index (χ2n) is 5.86. The normalized spacial score (nSPS) is 10.6. The lowest BCUT2D eigenvalue weighted by atomic mass is 10.2. The van der Waals surface area contributed by atoms with Crippen LogP contribution in [0.15, 0.2) is 47.2 Å². The number of hydrogen-bond donors (Lipinski definition) is 2. The Morgan fingerprint density at radius 1 is 1.15 bits per heavy atom. The Morgan fingerprint density at radius 3 is 2.59 bits per heavy atom. The Morgan fingerprint density at radius 2 is 1.89 bits per heavy atom. The molecule has 1 aromatic carbocycles. The maximum absolute atomic E-state index is 12.6. The summed E-state index contributed by atoms with van der Waals surface area (Å²) in [6, 6.07) is 9.27. The van der Waals surface area contributed by atoms with Crippen molar-refractivity contribution in [2.24, 2.45) is 0 Å². The zero-order chi connectivity index (χ0) is 19.4. The maximum atomic E-state index is 12.6. The Balaban J connectivity index is 1.70. The second-order valence-corrected chi connectivity index (χ2v) is 6.77. The molecule has 0 saturated carbocycles. The smallest absolute Gasteiger partial charge is 0.260 e. The summed E-state index contributed by atoms with van der Waals surface area (Å²) < 4.78 is 4.10. The molecule has 0 saturated heterocycles. The number of rotatable bonds is 6. The summed E-state index contributed by atoms with van der Waals surface area (Å²) in [5.74, 6) is -0.0655. The monoisotopic (exact) mass is 430 g/mol. The van der Waals surface area contributed by atoms with E-state index in [1.54, 1.807) is 30.1 Å². The topological polar surface area (TPSA) is 93.8 Å². The van der Waals surface area contributed by atoms with Crippen LogP contribution >= 0.6 is 15.9 Å². The molecule has 0 unspecified atom stereocenters. The van der Waals surface area contributed by atoms with Crippen molar-refractivity contribution in [1.82, 2.24) is 24.9 Å². The number of hydrogen-bond acceptors (Lipinski definition) is 4. The molecular weight excluding hydrogens is 412 g/mol. The molecule has 0 aliphatic heterocycles. The van der Waals surface area contributed by atoms with Gasteiger partial charge in [0, 0.05) is 29.5 Å². The highest BCUT2D eigenvalue weighted by atomic mass is 79.9. The van der Waals surface area contributed by atoms with E-state index in [0.717, 1.165) is 10.2 Å². The summed E-state index contributed by atoms with van der Waals surface area (Å²) in [6.07, 6.45) is 3.32. The van der Waals surface area contributed by atoms with Crippen LogP contribution in [0.1, 0.15) is 23.0 Å². The summed E-state index contributed by atoms with van der Waals surface area (Å²) in [4.78, 5) is 24.2. The molecule has 0 bridgehead atoms. The van der Waals surface area contributed by atoms with E-state index in [4.69, 9.17) is 0 Å². The molecule has 27 heavy (non-hydrogen) atoms. The third-order valence-electron chi connectivity index (χ3n) is 3.80. The molecule has 0 aliphatic rings. The van der Waals surface area contributed by atoms with Crippen LogP contribution in [0.3, 0.4) is 0 Å². The Kier molecular flexibility index (Phi) is 5.70. The summed E-state index contributed by atoms with van der Waals surface area (Å²) in [6.45, 7) is 4.29. The lowest BCUT2D eigenvalue weighted by Gasteiger charge is -2.02. The summed E-state index contributed by atoms with van der Waals surface area (Å²) in [5.41, 5.74) is 1.92. The summed E-state index contributed by atoms with van der Waals surface area (Å²) in [7, 11) is 0. The fourth-order valence-corrected chi connectivity index (χ4v) is 2.77. The first kappa shape index (κ1) is 18.8. The predicted molar refractivity (Wildman–Crippen MR) is 105 cm³/mol. The number of nitrogens with one attached hydrogen (secondary N) is 2. The van der Waals surface area contributed by atoms with E-state index in [2.05, 4.69) is 36.8 Å². The highest BCUT2D eigenvalue weighted by Gasteiger charge is 2.15. The van der Waals surface area contributed by atoms with E-state index >= 15 is 0 Å². The minimum Gasteiger partial charge on any atom is -0.355 e. The third-order valence-corrected chi connectivity index (χ3v) is 4.33. The molecule has 2 aromatic heterocycles. The van der Waals surface area contributed by atoms with Crippen LogP contribution in [0.25, 0.3) is 5.69 Å². The van der Waals surface area contributed by atoms with Crippen molar-refractivity contribution >= 4 is 33.6 Å².